The van der Waals surface area contributed by atoms with E-state index >= 15 is 0 Å². The molecule has 0 saturated heterocycles. The van der Waals surface area contributed by atoms with Gasteiger partial charge in [-0.05, 0) is 51.7 Å². The summed E-state index contributed by atoms with van der Waals surface area (Å²) in [6.45, 7) is 5.78. The Bertz CT molecular complexity index is 337. The lowest BCUT2D eigenvalue weighted by Crippen LogP contribution is -2.18. The summed E-state index contributed by atoms with van der Waals surface area (Å²) in [5.41, 5.74) is 1.91. The third-order valence-corrected chi connectivity index (χ3v) is 2.67. The van der Waals surface area contributed by atoms with E-state index in [-0.39, 0.29) is 0 Å². The molecule has 0 spiro atoms. The lowest BCUT2D eigenvalue weighted by Gasteiger charge is -2.17. The first-order valence-corrected chi connectivity index (χ1v) is 5.78. The molecule has 0 bridgehead atoms. The van der Waals surface area contributed by atoms with Crippen molar-refractivity contribution in [2.24, 2.45) is 0 Å². The number of aliphatic hydroxyl groups is 1. The van der Waals surface area contributed by atoms with Gasteiger partial charge in [0.1, 0.15) is 5.75 Å². The fourth-order valence-electron chi connectivity index (χ4n) is 1.81. The topological polar surface area (TPSA) is 29.5 Å². The molecule has 1 N–H and O–H groups in total. The summed E-state index contributed by atoms with van der Waals surface area (Å²) in [7, 11) is 1.70. The lowest BCUT2D eigenvalue weighted by atomic mass is 9.98. The molecule has 16 heavy (non-hydrogen) atoms. The van der Waals surface area contributed by atoms with Crippen LogP contribution in [-0.2, 0) is 6.42 Å². The Morgan fingerprint density at radius 3 is 2.56 bits per heavy atom. The van der Waals surface area contributed by atoms with E-state index in [2.05, 4.69) is 19.1 Å². The summed E-state index contributed by atoms with van der Waals surface area (Å²) in [4.78, 5) is 0. The molecule has 0 aliphatic heterocycles. The zero-order chi connectivity index (χ0) is 12.2. The van der Waals surface area contributed by atoms with Gasteiger partial charge in [-0.15, -0.1) is 0 Å². The first kappa shape index (κ1) is 13.0. The quantitative estimate of drug-likeness (QED) is 0.829. The maximum atomic E-state index is 9.65. The minimum absolute atomic E-state index is 0.572. The Morgan fingerprint density at radius 1 is 1.31 bits per heavy atom. The molecule has 0 radical (unpaired) electrons. The Hall–Kier alpha value is -1.02. The molecule has 0 fully saturated rings. The van der Waals surface area contributed by atoms with Crippen molar-refractivity contribution in [3.63, 3.8) is 0 Å². The van der Waals surface area contributed by atoms with Crippen molar-refractivity contribution in [3.05, 3.63) is 29.3 Å². The van der Waals surface area contributed by atoms with Crippen molar-refractivity contribution in [3.8, 4) is 5.75 Å². The highest BCUT2D eigenvalue weighted by atomic mass is 16.5. The van der Waals surface area contributed by atoms with Crippen molar-refractivity contribution < 1.29 is 9.84 Å². The molecule has 2 heteroatoms. The molecule has 0 saturated carbocycles. The zero-order valence-electron chi connectivity index (χ0n) is 10.7. The first-order chi connectivity index (χ1) is 7.42. The second-order valence-electron chi connectivity index (χ2n) is 4.98. The SMILES string of the molecule is COc1ccc(C)cc1CCCC(C)(C)O. The third-order valence-electron chi connectivity index (χ3n) is 2.67. The number of rotatable bonds is 5. The van der Waals surface area contributed by atoms with Gasteiger partial charge in [0.05, 0.1) is 12.7 Å². The fourth-order valence-corrected chi connectivity index (χ4v) is 1.81. The fraction of sp³-hybridized carbons (Fsp3) is 0.571. The summed E-state index contributed by atoms with van der Waals surface area (Å²) in [6, 6.07) is 6.22. The van der Waals surface area contributed by atoms with Crippen molar-refractivity contribution in [2.75, 3.05) is 7.11 Å². The van der Waals surface area contributed by atoms with Crippen LogP contribution in [0.15, 0.2) is 18.2 Å². The molecule has 0 amide bonds. The van der Waals surface area contributed by atoms with Crippen molar-refractivity contribution in [1.29, 1.82) is 0 Å². The van der Waals surface area contributed by atoms with Crippen LogP contribution in [0.25, 0.3) is 0 Å². The molecule has 0 aromatic heterocycles. The zero-order valence-corrected chi connectivity index (χ0v) is 10.7. The number of hydrogen-bond acceptors (Lipinski definition) is 2. The van der Waals surface area contributed by atoms with Gasteiger partial charge in [0.25, 0.3) is 0 Å². The molecule has 1 rings (SSSR count). The van der Waals surface area contributed by atoms with Crippen molar-refractivity contribution >= 4 is 0 Å². The van der Waals surface area contributed by atoms with E-state index in [1.165, 1.54) is 11.1 Å². The smallest absolute Gasteiger partial charge is 0.122 e. The van der Waals surface area contributed by atoms with E-state index in [1.807, 2.05) is 19.9 Å². The summed E-state index contributed by atoms with van der Waals surface area (Å²) in [6.07, 6.45) is 2.74. The average molecular weight is 222 g/mol. The van der Waals surface area contributed by atoms with E-state index in [9.17, 15) is 5.11 Å². The van der Waals surface area contributed by atoms with Crippen LogP contribution in [0.2, 0.25) is 0 Å². The normalized spacial score (nSPS) is 11.6. The minimum Gasteiger partial charge on any atom is -0.496 e. The third kappa shape index (κ3) is 4.23. The minimum atomic E-state index is -0.572. The van der Waals surface area contributed by atoms with Gasteiger partial charge in [0.15, 0.2) is 0 Å². The monoisotopic (exact) mass is 222 g/mol. The second-order valence-corrected chi connectivity index (χ2v) is 4.98. The lowest BCUT2D eigenvalue weighted by molar-refractivity contribution is 0.0689. The number of methoxy groups -OCH3 is 1. The Morgan fingerprint density at radius 2 is 2.00 bits per heavy atom. The van der Waals surface area contributed by atoms with Gasteiger partial charge in [0.2, 0.25) is 0 Å². The van der Waals surface area contributed by atoms with Gasteiger partial charge in [-0.25, -0.2) is 0 Å². The van der Waals surface area contributed by atoms with Crippen molar-refractivity contribution in [2.45, 2.75) is 45.6 Å². The van der Waals surface area contributed by atoms with Gasteiger partial charge >= 0.3 is 0 Å². The molecule has 0 aliphatic rings. The van der Waals surface area contributed by atoms with Gasteiger partial charge in [0, 0.05) is 0 Å². The largest absolute Gasteiger partial charge is 0.496 e. The van der Waals surface area contributed by atoms with Gasteiger partial charge in [-0.3, -0.25) is 0 Å². The van der Waals surface area contributed by atoms with E-state index < -0.39 is 5.60 Å². The van der Waals surface area contributed by atoms with Crippen LogP contribution in [0.3, 0.4) is 0 Å². The van der Waals surface area contributed by atoms with Gasteiger partial charge < -0.3 is 9.84 Å². The predicted molar refractivity (Wildman–Crippen MR) is 67.0 cm³/mol. The van der Waals surface area contributed by atoms with Crippen LogP contribution in [0.1, 0.15) is 37.8 Å². The van der Waals surface area contributed by atoms with E-state index in [0.29, 0.717) is 0 Å². The summed E-state index contributed by atoms with van der Waals surface area (Å²) in [5, 5.41) is 9.65. The van der Waals surface area contributed by atoms with E-state index in [4.69, 9.17) is 4.74 Å². The predicted octanol–water partition coefficient (Wildman–Crippen LogP) is 3.10. The molecule has 0 unspecified atom stereocenters. The van der Waals surface area contributed by atoms with Crippen LogP contribution in [-0.4, -0.2) is 17.8 Å². The van der Waals surface area contributed by atoms with Crippen LogP contribution in [0, 0.1) is 6.92 Å². The molecule has 1 aromatic carbocycles. The maximum absolute atomic E-state index is 9.65. The van der Waals surface area contributed by atoms with Crippen molar-refractivity contribution in [1.82, 2.24) is 0 Å². The van der Waals surface area contributed by atoms with Crippen LogP contribution >= 0.6 is 0 Å². The van der Waals surface area contributed by atoms with Crippen LogP contribution < -0.4 is 4.74 Å². The summed E-state index contributed by atoms with van der Waals surface area (Å²) < 4.78 is 5.32. The van der Waals surface area contributed by atoms with Gasteiger partial charge in [-0.2, -0.15) is 0 Å². The summed E-state index contributed by atoms with van der Waals surface area (Å²) in [5.74, 6) is 0.946. The van der Waals surface area contributed by atoms with Crippen LogP contribution in [0.5, 0.6) is 5.75 Å². The second kappa shape index (κ2) is 5.35. The maximum Gasteiger partial charge on any atom is 0.122 e. The highest BCUT2D eigenvalue weighted by molar-refractivity contribution is 5.36. The molecule has 0 atom stereocenters. The summed E-state index contributed by atoms with van der Waals surface area (Å²) >= 11 is 0. The Balaban J connectivity index is 2.62. The first-order valence-electron chi connectivity index (χ1n) is 5.78. The number of ether oxygens (including phenoxy) is 1. The van der Waals surface area contributed by atoms with Gasteiger partial charge in [-0.1, -0.05) is 17.7 Å². The molecule has 0 heterocycles. The molecule has 0 aliphatic carbocycles. The molecule has 90 valence electrons. The van der Waals surface area contributed by atoms with E-state index in [0.717, 1.165) is 25.0 Å². The highest BCUT2D eigenvalue weighted by Crippen LogP contribution is 2.23. The molecule has 1 aromatic rings. The molecular weight excluding hydrogens is 200 g/mol. The standard InChI is InChI=1S/C14H22O2/c1-11-7-8-13(16-4)12(10-11)6-5-9-14(2,3)15/h7-8,10,15H,5-6,9H2,1-4H3. The van der Waals surface area contributed by atoms with Crippen LogP contribution in [0.4, 0.5) is 0 Å². The average Bonchev–Trinajstić information content (AvgIpc) is 2.16. The molecular formula is C14H22O2. The number of aryl methyl sites for hydroxylation is 2. The van der Waals surface area contributed by atoms with E-state index in [1.54, 1.807) is 7.11 Å². The Labute approximate surface area is 98.3 Å². The molecule has 2 nitrogen and oxygen atoms in total. The number of benzene rings is 1. The number of hydrogen-bond donors (Lipinski definition) is 1. The highest BCUT2D eigenvalue weighted by Gasteiger charge is 2.12. The Kier molecular flexibility index (Phi) is 4.36.